The fraction of sp³-hybridized carbons (Fsp3) is 0.200. The van der Waals surface area contributed by atoms with E-state index in [0.717, 1.165) is 0 Å². The number of nitrogens with zero attached hydrogens (tertiary/aromatic N) is 2. The number of phenols is 1. The molecule has 0 saturated heterocycles. The van der Waals surface area contributed by atoms with Gasteiger partial charge in [0.1, 0.15) is 11.3 Å². The fourth-order valence-electron chi connectivity index (χ4n) is 1.65. The maximum atomic E-state index is 9.98. The lowest BCUT2D eigenvalue weighted by atomic mass is 10.1. The number of hydrogen-bond acceptors (Lipinski definition) is 7. The van der Waals surface area contributed by atoms with E-state index in [1.807, 2.05) is 0 Å². The Bertz CT molecular complexity index is 613. The molecule has 18 heavy (non-hydrogen) atoms. The van der Waals surface area contributed by atoms with Gasteiger partial charge < -0.3 is 24.8 Å². The zero-order valence-electron chi connectivity index (χ0n) is 9.01. The number of rotatable bonds is 2. The highest BCUT2D eigenvalue weighted by molar-refractivity contribution is 6.32. The first-order chi connectivity index (χ1) is 8.70. The van der Waals surface area contributed by atoms with Crippen LogP contribution in [0.1, 0.15) is 5.89 Å². The van der Waals surface area contributed by atoms with E-state index < -0.39 is 0 Å². The molecule has 0 aliphatic carbocycles. The molecule has 1 aliphatic rings. The molecule has 0 atom stereocenters. The summed E-state index contributed by atoms with van der Waals surface area (Å²) in [5.41, 5.74) is 5.62. The van der Waals surface area contributed by atoms with Crippen LogP contribution in [0, 0.1) is 0 Å². The standard InChI is InChI=1S/C10H8ClN3O4/c11-4-1-5-9(17-3-16-5)7(8(4)15)10-13-6(2-12)18-14-10/h1,15H,2-3,12H2. The number of nitrogens with two attached hydrogens (primary N) is 1. The van der Waals surface area contributed by atoms with E-state index in [2.05, 4.69) is 10.1 Å². The lowest BCUT2D eigenvalue weighted by molar-refractivity contribution is 0.174. The minimum atomic E-state index is -0.190. The number of benzene rings is 1. The topological polar surface area (TPSA) is 104 Å². The summed E-state index contributed by atoms with van der Waals surface area (Å²) in [4.78, 5) is 4.02. The van der Waals surface area contributed by atoms with Gasteiger partial charge in [0.05, 0.1) is 11.6 Å². The Morgan fingerprint density at radius 3 is 3.00 bits per heavy atom. The van der Waals surface area contributed by atoms with E-state index in [9.17, 15) is 5.11 Å². The fourth-order valence-corrected chi connectivity index (χ4v) is 1.84. The molecule has 94 valence electrons. The van der Waals surface area contributed by atoms with Gasteiger partial charge >= 0.3 is 0 Å². The first-order valence-electron chi connectivity index (χ1n) is 5.04. The van der Waals surface area contributed by atoms with Crippen molar-refractivity contribution >= 4 is 11.6 Å². The molecule has 1 aliphatic heterocycles. The molecule has 0 spiro atoms. The van der Waals surface area contributed by atoms with Crippen molar-refractivity contribution < 1.29 is 19.1 Å². The quantitative estimate of drug-likeness (QED) is 0.846. The maximum Gasteiger partial charge on any atom is 0.240 e. The van der Waals surface area contributed by atoms with Crippen LogP contribution in [0.4, 0.5) is 0 Å². The largest absolute Gasteiger partial charge is 0.505 e. The highest BCUT2D eigenvalue weighted by atomic mass is 35.5. The van der Waals surface area contributed by atoms with E-state index in [0.29, 0.717) is 11.5 Å². The summed E-state index contributed by atoms with van der Waals surface area (Å²) < 4.78 is 15.4. The summed E-state index contributed by atoms with van der Waals surface area (Å²) in [5.74, 6) is 0.965. The Hall–Kier alpha value is -1.99. The molecule has 0 saturated carbocycles. The van der Waals surface area contributed by atoms with Crippen molar-refractivity contribution in [2.45, 2.75) is 6.54 Å². The van der Waals surface area contributed by atoms with Gasteiger partial charge in [-0.15, -0.1) is 0 Å². The molecular weight excluding hydrogens is 262 g/mol. The van der Waals surface area contributed by atoms with Gasteiger partial charge in [0.15, 0.2) is 11.5 Å². The van der Waals surface area contributed by atoms with Crippen LogP contribution < -0.4 is 15.2 Å². The minimum Gasteiger partial charge on any atom is -0.505 e. The molecule has 0 amide bonds. The third-order valence-electron chi connectivity index (χ3n) is 2.46. The molecule has 0 unspecified atom stereocenters. The number of halogens is 1. The summed E-state index contributed by atoms with van der Waals surface area (Å²) in [7, 11) is 0. The van der Waals surface area contributed by atoms with Crippen LogP contribution in [0.3, 0.4) is 0 Å². The SMILES string of the molecule is NCc1nc(-c2c(O)c(Cl)cc3c2OCO3)no1. The zero-order valence-corrected chi connectivity index (χ0v) is 9.77. The zero-order chi connectivity index (χ0) is 12.7. The second-order valence-electron chi connectivity index (χ2n) is 3.53. The third kappa shape index (κ3) is 1.56. The summed E-state index contributed by atoms with van der Waals surface area (Å²) in [5, 5.41) is 13.8. The van der Waals surface area contributed by atoms with Crippen molar-refractivity contribution in [3.63, 3.8) is 0 Å². The van der Waals surface area contributed by atoms with Gasteiger partial charge in [-0.1, -0.05) is 16.8 Å². The molecule has 1 aromatic carbocycles. The molecule has 1 aromatic heterocycles. The lowest BCUT2D eigenvalue weighted by Gasteiger charge is -2.06. The van der Waals surface area contributed by atoms with Crippen molar-refractivity contribution in [2.24, 2.45) is 5.73 Å². The van der Waals surface area contributed by atoms with Gasteiger partial charge in [-0.25, -0.2) is 0 Å². The summed E-state index contributed by atoms with van der Waals surface area (Å²) in [6.07, 6.45) is 0. The van der Waals surface area contributed by atoms with Gasteiger partial charge in [-0.2, -0.15) is 4.98 Å². The van der Waals surface area contributed by atoms with Crippen molar-refractivity contribution in [3.05, 3.63) is 17.0 Å². The normalized spacial score (nSPS) is 13.0. The van der Waals surface area contributed by atoms with E-state index >= 15 is 0 Å². The first kappa shape index (κ1) is 11.1. The Balaban J connectivity index is 2.21. The van der Waals surface area contributed by atoms with Crippen LogP contribution in [0.5, 0.6) is 17.2 Å². The number of aromatic hydroxyl groups is 1. The molecule has 8 heteroatoms. The molecule has 0 radical (unpaired) electrons. The Morgan fingerprint density at radius 1 is 1.44 bits per heavy atom. The van der Waals surface area contributed by atoms with Crippen molar-refractivity contribution in [3.8, 4) is 28.6 Å². The van der Waals surface area contributed by atoms with Crippen molar-refractivity contribution in [2.75, 3.05) is 6.79 Å². The van der Waals surface area contributed by atoms with Gasteiger partial charge in [0.2, 0.25) is 18.5 Å². The third-order valence-corrected chi connectivity index (χ3v) is 2.74. The molecule has 2 aromatic rings. The Kier molecular flexibility index (Phi) is 2.49. The highest BCUT2D eigenvalue weighted by Gasteiger charge is 2.27. The molecule has 7 nitrogen and oxygen atoms in total. The van der Waals surface area contributed by atoms with Gasteiger partial charge in [-0.3, -0.25) is 0 Å². The molecule has 0 bridgehead atoms. The highest BCUT2D eigenvalue weighted by Crippen LogP contribution is 2.49. The van der Waals surface area contributed by atoms with Crippen LogP contribution in [-0.4, -0.2) is 22.0 Å². The smallest absolute Gasteiger partial charge is 0.240 e. The average Bonchev–Trinajstić information content (AvgIpc) is 2.99. The molecular formula is C10H8ClN3O4. The van der Waals surface area contributed by atoms with Crippen LogP contribution >= 0.6 is 11.6 Å². The minimum absolute atomic E-state index is 0.0454. The molecule has 3 N–H and O–H groups in total. The van der Waals surface area contributed by atoms with Gasteiger partial charge in [-0.05, 0) is 0 Å². The van der Waals surface area contributed by atoms with Crippen LogP contribution in [0.15, 0.2) is 10.6 Å². The Morgan fingerprint density at radius 2 is 2.28 bits per heavy atom. The van der Waals surface area contributed by atoms with Crippen molar-refractivity contribution in [1.82, 2.24) is 10.1 Å². The summed E-state index contributed by atoms with van der Waals surface area (Å²) in [6.45, 7) is 0.150. The predicted molar refractivity (Wildman–Crippen MR) is 60.4 cm³/mol. The number of aromatic nitrogens is 2. The predicted octanol–water partition coefficient (Wildman–Crippen LogP) is 1.28. The first-order valence-corrected chi connectivity index (χ1v) is 5.42. The number of ether oxygens (including phenoxy) is 2. The second-order valence-corrected chi connectivity index (χ2v) is 3.94. The van der Waals surface area contributed by atoms with Crippen LogP contribution in [0.25, 0.3) is 11.4 Å². The van der Waals surface area contributed by atoms with Gasteiger partial charge in [0, 0.05) is 6.07 Å². The van der Waals surface area contributed by atoms with Gasteiger partial charge in [0.25, 0.3) is 0 Å². The second kappa shape index (κ2) is 4.04. The lowest BCUT2D eigenvalue weighted by Crippen LogP contribution is -1.96. The van der Waals surface area contributed by atoms with E-state index in [1.54, 1.807) is 0 Å². The number of hydrogen-bond donors (Lipinski definition) is 2. The van der Waals surface area contributed by atoms with Crippen LogP contribution in [-0.2, 0) is 6.54 Å². The van der Waals surface area contributed by atoms with Crippen LogP contribution in [0.2, 0.25) is 5.02 Å². The van der Waals surface area contributed by atoms with E-state index in [1.165, 1.54) is 6.07 Å². The Labute approximate surface area is 106 Å². The monoisotopic (exact) mass is 269 g/mol. The summed E-state index contributed by atoms with van der Waals surface area (Å²) >= 11 is 5.89. The van der Waals surface area contributed by atoms with Crippen molar-refractivity contribution in [1.29, 1.82) is 0 Å². The molecule has 3 rings (SSSR count). The summed E-state index contributed by atoms with van der Waals surface area (Å²) in [6, 6.07) is 1.46. The molecule has 0 fully saturated rings. The number of fused-ring (bicyclic) bond motifs is 1. The number of phenolic OH excluding ortho intramolecular Hbond substituents is 1. The molecule has 2 heterocycles. The maximum absolute atomic E-state index is 9.98. The average molecular weight is 270 g/mol. The van der Waals surface area contributed by atoms with E-state index in [-0.39, 0.29) is 41.4 Å². The van der Waals surface area contributed by atoms with E-state index in [4.69, 9.17) is 31.3 Å².